The van der Waals surface area contributed by atoms with Crippen molar-refractivity contribution in [2.75, 3.05) is 19.4 Å². The summed E-state index contributed by atoms with van der Waals surface area (Å²) in [5.41, 5.74) is 8.05. The lowest BCUT2D eigenvalue weighted by Gasteiger charge is -2.14. The summed E-state index contributed by atoms with van der Waals surface area (Å²) in [4.78, 5) is 13.5. The molecule has 3 aromatic carbocycles. The van der Waals surface area contributed by atoms with Gasteiger partial charge in [0.15, 0.2) is 0 Å². The number of urea groups is 1. The van der Waals surface area contributed by atoms with E-state index in [1.807, 2.05) is 24.3 Å². The third-order valence-electron chi connectivity index (χ3n) is 5.18. The summed E-state index contributed by atoms with van der Waals surface area (Å²) >= 11 is 6.28. The smallest absolute Gasteiger partial charge is 0.321 e. The summed E-state index contributed by atoms with van der Waals surface area (Å²) in [5, 5.41) is 3.68. The van der Waals surface area contributed by atoms with Crippen molar-refractivity contribution in [2.45, 2.75) is 12.8 Å². The molecule has 0 fully saturated rings. The Hall–Kier alpha value is -3.04. The van der Waals surface area contributed by atoms with Gasteiger partial charge >= 0.3 is 6.03 Å². The van der Waals surface area contributed by atoms with Crippen LogP contribution < -0.4 is 5.32 Å². The van der Waals surface area contributed by atoms with Crippen LogP contribution in [0.4, 0.5) is 10.5 Å². The molecule has 0 heterocycles. The SMILES string of the molecule is CN(C)C(=O)Nc1cccc(C=C2c3ccccc3CCc3cc(Cl)ccc32)c1. The lowest BCUT2D eigenvalue weighted by atomic mass is 9.92. The van der Waals surface area contributed by atoms with E-state index in [1.165, 1.54) is 32.7 Å². The number of aryl methyl sites for hydroxylation is 2. The van der Waals surface area contributed by atoms with Gasteiger partial charge < -0.3 is 10.2 Å². The summed E-state index contributed by atoms with van der Waals surface area (Å²) in [6, 6.07) is 22.5. The maximum Gasteiger partial charge on any atom is 0.321 e. The molecule has 0 unspecified atom stereocenters. The van der Waals surface area contributed by atoms with Crippen LogP contribution in [0.25, 0.3) is 11.6 Å². The van der Waals surface area contributed by atoms with E-state index in [2.05, 4.69) is 53.9 Å². The average Bonchev–Trinajstić information content (AvgIpc) is 2.85. The Morgan fingerprint density at radius 3 is 2.52 bits per heavy atom. The maximum absolute atomic E-state index is 12.0. The van der Waals surface area contributed by atoms with Crippen molar-refractivity contribution in [3.8, 4) is 0 Å². The molecule has 0 saturated heterocycles. The Balaban J connectivity index is 1.82. The predicted octanol–water partition coefficient (Wildman–Crippen LogP) is 6.12. The number of hydrogen-bond acceptors (Lipinski definition) is 1. The molecule has 0 bridgehead atoms. The number of fused-ring (bicyclic) bond motifs is 2. The quantitative estimate of drug-likeness (QED) is 0.550. The largest absolute Gasteiger partial charge is 0.331 e. The van der Waals surface area contributed by atoms with Crippen LogP contribution in [0.5, 0.6) is 0 Å². The van der Waals surface area contributed by atoms with E-state index in [0.717, 1.165) is 29.1 Å². The monoisotopic (exact) mass is 402 g/mol. The van der Waals surface area contributed by atoms with Crippen LogP contribution in [0.3, 0.4) is 0 Å². The first-order chi connectivity index (χ1) is 14.0. The van der Waals surface area contributed by atoms with Crippen LogP contribution in [-0.4, -0.2) is 25.0 Å². The van der Waals surface area contributed by atoms with Crippen LogP contribution in [-0.2, 0) is 12.8 Å². The molecule has 1 aliphatic rings. The second-order valence-electron chi connectivity index (χ2n) is 7.47. The normalized spacial score (nSPS) is 14.0. The zero-order valence-corrected chi connectivity index (χ0v) is 17.3. The van der Waals surface area contributed by atoms with E-state index in [1.54, 1.807) is 14.1 Å². The van der Waals surface area contributed by atoms with Crippen LogP contribution in [0, 0.1) is 0 Å². The number of halogens is 1. The third-order valence-corrected chi connectivity index (χ3v) is 5.42. The minimum absolute atomic E-state index is 0.144. The molecule has 1 N–H and O–H groups in total. The number of anilines is 1. The zero-order chi connectivity index (χ0) is 20.4. The van der Waals surface area contributed by atoms with Gasteiger partial charge in [0.05, 0.1) is 0 Å². The van der Waals surface area contributed by atoms with Gasteiger partial charge in [0.1, 0.15) is 0 Å². The summed E-state index contributed by atoms with van der Waals surface area (Å²) in [6.45, 7) is 0. The minimum atomic E-state index is -0.144. The first-order valence-corrected chi connectivity index (χ1v) is 10.1. The fraction of sp³-hybridized carbons (Fsp3) is 0.160. The molecular formula is C25H23ClN2O. The number of nitrogens with zero attached hydrogens (tertiary/aromatic N) is 1. The molecular weight excluding hydrogens is 380 g/mol. The highest BCUT2D eigenvalue weighted by Crippen LogP contribution is 2.36. The predicted molar refractivity (Wildman–Crippen MR) is 121 cm³/mol. The van der Waals surface area contributed by atoms with Gasteiger partial charge in [0.25, 0.3) is 0 Å². The number of carbonyl (C=O) groups excluding carboxylic acids is 1. The van der Waals surface area contributed by atoms with E-state index in [9.17, 15) is 4.79 Å². The molecule has 0 radical (unpaired) electrons. The molecule has 146 valence electrons. The van der Waals surface area contributed by atoms with Crippen LogP contribution in [0.2, 0.25) is 5.02 Å². The van der Waals surface area contributed by atoms with Crippen molar-refractivity contribution in [1.82, 2.24) is 4.90 Å². The molecule has 0 saturated carbocycles. The highest BCUT2D eigenvalue weighted by Gasteiger charge is 2.18. The Labute approximate surface area is 176 Å². The third kappa shape index (κ3) is 4.20. The van der Waals surface area contributed by atoms with Gasteiger partial charge in [-0.1, -0.05) is 54.1 Å². The Morgan fingerprint density at radius 2 is 1.69 bits per heavy atom. The first-order valence-electron chi connectivity index (χ1n) is 9.68. The van der Waals surface area contributed by atoms with Gasteiger partial charge in [-0.15, -0.1) is 0 Å². The van der Waals surface area contributed by atoms with Crippen molar-refractivity contribution in [2.24, 2.45) is 0 Å². The van der Waals surface area contributed by atoms with Gasteiger partial charge in [0.2, 0.25) is 0 Å². The molecule has 3 nitrogen and oxygen atoms in total. The number of hydrogen-bond donors (Lipinski definition) is 1. The molecule has 4 rings (SSSR count). The Morgan fingerprint density at radius 1 is 0.931 bits per heavy atom. The lowest BCUT2D eigenvalue weighted by Crippen LogP contribution is -2.27. The standard InChI is InChI=1S/C25H23ClN2O/c1-28(2)25(29)27-21-8-5-6-17(14-21)15-24-22-9-4-3-7-18(22)10-11-19-16-20(26)12-13-23(19)24/h3-9,12-16H,10-11H2,1-2H3,(H,27,29). The second kappa shape index (κ2) is 8.14. The zero-order valence-electron chi connectivity index (χ0n) is 16.6. The Bertz CT molecular complexity index is 1100. The number of benzene rings is 3. The van der Waals surface area contributed by atoms with Crippen LogP contribution in [0.1, 0.15) is 27.8 Å². The Kier molecular flexibility index (Phi) is 5.41. The first kappa shape index (κ1) is 19.3. The molecule has 2 amide bonds. The van der Waals surface area contributed by atoms with E-state index in [0.29, 0.717) is 0 Å². The summed E-state index contributed by atoms with van der Waals surface area (Å²) in [7, 11) is 3.46. The van der Waals surface area contributed by atoms with Gasteiger partial charge in [-0.2, -0.15) is 0 Å². The number of carbonyl (C=O) groups is 1. The van der Waals surface area contributed by atoms with Crippen LogP contribution in [0.15, 0.2) is 66.7 Å². The summed E-state index contributed by atoms with van der Waals surface area (Å²) in [6.07, 6.45) is 4.14. The minimum Gasteiger partial charge on any atom is -0.331 e. The molecule has 1 aliphatic carbocycles. The van der Waals surface area contributed by atoms with Crippen molar-refractivity contribution < 1.29 is 4.79 Å². The molecule has 0 aliphatic heterocycles. The average molecular weight is 403 g/mol. The molecule has 0 atom stereocenters. The molecule has 0 spiro atoms. The van der Waals surface area contributed by atoms with Gasteiger partial charge in [-0.25, -0.2) is 4.79 Å². The maximum atomic E-state index is 12.0. The van der Waals surface area contributed by atoms with Crippen molar-refractivity contribution in [3.05, 3.63) is 99.6 Å². The van der Waals surface area contributed by atoms with Crippen molar-refractivity contribution in [1.29, 1.82) is 0 Å². The number of rotatable bonds is 2. The van der Waals surface area contributed by atoms with Gasteiger partial charge in [-0.3, -0.25) is 0 Å². The number of amides is 2. The van der Waals surface area contributed by atoms with E-state index >= 15 is 0 Å². The fourth-order valence-corrected chi connectivity index (χ4v) is 3.91. The van der Waals surface area contributed by atoms with E-state index in [-0.39, 0.29) is 6.03 Å². The molecule has 0 aromatic heterocycles. The van der Waals surface area contributed by atoms with Crippen molar-refractivity contribution >= 4 is 35.0 Å². The highest BCUT2D eigenvalue weighted by molar-refractivity contribution is 6.30. The number of nitrogens with one attached hydrogen (secondary N) is 1. The lowest BCUT2D eigenvalue weighted by molar-refractivity contribution is 0.230. The van der Waals surface area contributed by atoms with Crippen molar-refractivity contribution in [3.63, 3.8) is 0 Å². The van der Waals surface area contributed by atoms with Gasteiger partial charge in [0, 0.05) is 24.8 Å². The van der Waals surface area contributed by atoms with Gasteiger partial charge in [-0.05, 0) is 76.6 Å². The summed E-state index contributed by atoms with van der Waals surface area (Å²) in [5.74, 6) is 0. The highest BCUT2D eigenvalue weighted by atomic mass is 35.5. The second-order valence-corrected chi connectivity index (χ2v) is 7.90. The van der Waals surface area contributed by atoms with Crippen LogP contribution >= 0.6 is 11.6 Å². The summed E-state index contributed by atoms with van der Waals surface area (Å²) < 4.78 is 0. The van der Waals surface area contributed by atoms with E-state index < -0.39 is 0 Å². The fourth-order valence-electron chi connectivity index (χ4n) is 3.71. The molecule has 29 heavy (non-hydrogen) atoms. The molecule has 3 aromatic rings. The topological polar surface area (TPSA) is 32.3 Å². The molecule has 4 heteroatoms. The van der Waals surface area contributed by atoms with E-state index in [4.69, 9.17) is 11.6 Å².